The zero-order valence-corrected chi connectivity index (χ0v) is 19.3. The van der Waals surface area contributed by atoms with Crippen LogP contribution in [0, 0.1) is 6.92 Å². The molecule has 0 unspecified atom stereocenters. The Morgan fingerprint density at radius 2 is 1.58 bits per heavy atom. The molecule has 4 rings (SSSR count). The van der Waals surface area contributed by atoms with Crippen LogP contribution in [0.3, 0.4) is 0 Å². The Morgan fingerprint density at radius 1 is 0.970 bits per heavy atom. The summed E-state index contributed by atoms with van der Waals surface area (Å²) in [6, 6.07) is 23.8. The molecule has 1 heterocycles. The van der Waals surface area contributed by atoms with Crippen LogP contribution in [0.5, 0.6) is 0 Å². The fourth-order valence-corrected chi connectivity index (χ4v) is 5.66. The van der Waals surface area contributed by atoms with Gasteiger partial charge in [0.1, 0.15) is 5.25 Å². The average Bonchev–Trinajstić information content (AvgIpc) is 3.10. The number of sulfonamides is 1. The first-order valence-corrected chi connectivity index (χ1v) is 12.5. The first kappa shape index (κ1) is 22.8. The van der Waals surface area contributed by atoms with Crippen LogP contribution in [-0.2, 0) is 19.6 Å². The molecular formula is C24H21N3O4S2. The maximum atomic E-state index is 13.2. The summed E-state index contributed by atoms with van der Waals surface area (Å²) < 4.78 is 29.7. The molecule has 0 radical (unpaired) electrons. The van der Waals surface area contributed by atoms with Gasteiger partial charge in [-0.3, -0.25) is 14.5 Å². The number of anilines is 2. The van der Waals surface area contributed by atoms with Crippen LogP contribution in [0.4, 0.5) is 11.4 Å². The van der Waals surface area contributed by atoms with Gasteiger partial charge in [-0.15, -0.1) is 4.40 Å². The summed E-state index contributed by atoms with van der Waals surface area (Å²) in [6.07, 6.45) is -0.119. The number of amidine groups is 1. The minimum Gasteiger partial charge on any atom is -0.326 e. The van der Waals surface area contributed by atoms with Crippen molar-refractivity contribution in [2.24, 2.45) is 4.40 Å². The Bertz CT molecular complexity index is 1310. The van der Waals surface area contributed by atoms with Gasteiger partial charge in [0, 0.05) is 12.1 Å². The zero-order valence-electron chi connectivity index (χ0n) is 17.7. The van der Waals surface area contributed by atoms with E-state index >= 15 is 0 Å². The van der Waals surface area contributed by atoms with Crippen molar-refractivity contribution in [3.63, 3.8) is 0 Å². The Kier molecular flexibility index (Phi) is 6.62. The van der Waals surface area contributed by atoms with E-state index in [0.29, 0.717) is 11.4 Å². The summed E-state index contributed by atoms with van der Waals surface area (Å²) in [5, 5.41) is 2.03. The molecule has 1 fully saturated rings. The quantitative estimate of drug-likeness (QED) is 0.571. The van der Waals surface area contributed by atoms with Crippen molar-refractivity contribution < 1.29 is 18.0 Å². The zero-order chi connectivity index (χ0) is 23.4. The van der Waals surface area contributed by atoms with Crippen molar-refractivity contribution in [1.29, 1.82) is 0 Å². The second-order valence-corrected chi connectivity index (χ2v) is 10.1. The number of nitrogens with one attached hydrogen (secondary N) is 1. The van der Waals surface area contributed by atoms with Crippen LogP contribution in [0.25, 0.3) is 0 Å². The summed E-state index contributed by atoms with van der Waals surface area (Å²) in [7, 11) is -4.04. The minimum absolute atomic E-state index is 0.0174. The van der Waals surface area contributed by atoms with E-state index in [1.54, 1.807) is 54.6 Å². The number of carbonyl (C=O) groups is 2. The SMILES string of the molecule is Cc1ccccc1NC(=O)C[C@H]1SC(=NS(=O)(=O)c2ccccc2)N(c2ccccc2)C1=O. The lowest BCUT2D eigenvalue weighted by Crippen LogP contribution is -2.33. The van der Waals surface area contributed by atoms with Gasteiger partial charge in [0.15, 0.2) is 5.17 Å². The van der Waals surface area contributed by atoms with E-state index in [0.717, 1.165) is 17.3 Å². The first-order chi connectivity index (χ1) is 15.8. The molecule has 9 heteroatoms. The third kappa shape index (κ3) is 5.15. The molecule has 1 aliphatic rings. The lowest BCUT2D eigenvalue weighted by atomic mass is 10.2. The van der Waals surface area contributed by atoms with Crippen LogP contribution >= 0.6 is 11.8 Å². The molecule has 0 spiro atoms. The second kappa shape index (κ2) is 9.60. The van der Waals surface area contributed by atoms with Crippen LogP contribution in [0.2, 0.25) is 0 Å². The predicted octanol–water partition coefficient (Wildman–Crippen LogP) is 4.22. The normalized spacial score (nSPS) is 17.4. The van der Waals surface area contributed by atoms with Crippen molar-refractivity contribution in [2.45, 2.75) is 23.5 Å². The van der Waals surface area contributed by atoms with Gasteiger partial charge in [-0.2, -0.15) is 8.42 Å². The van der Waals surface area contributed by atoms with Gasteiger partial charge in [-0.1, -0.05) is 66.4 Å². The number of rotatable bonds is 6. The topological polar surface area (TPSA) is 95.9 Å². The Balaban J connectivity index is 1.63. The van der Waals surface area contributed by atoms with Crippen LogP contribution in [0.1, 0.15) is 12.0 Å². The van der Waals surface area contributed by atoms with Gasteiger partial charge < -0.3 is 5.32 Å². The highest BCUT2D eigenvalue weighted by Crippen LogP contribution is 2.35. The molecule has 33 heavy (non-hydrogen) atoms. The van der Waals surface area contributed by atoms with Crippen molar-refractivity contribution in [1.82, 2.24) is 0 Å². The first-order valence-electron chi connectivity index (χ1n) is 10.2. The fourth-order valence-electron chi connectivity index (χ4n) is 3.31. The Morgan fingerprint density at radius 3 is 2.24 bits per heavy atom. The molecule has 1 saturated heterocycles. The standard InChI is InChI=1S/C24H21N3O4S2/c1-17-10-8-9-15-20(17)25-22(28)16-21-23(29)27(18-11-4-2-5-12-18)24(32-21)26-33(30,31)19-13-6-3-7-14-19/h2-15,21H,16H2,1H3,(H,25,28)/t21-/m1/s1. The number of nitrogens with zero attached hydrogens (tertiary/aromatic N) is 2. The summed E-state index contributed by atoms with van der Waals surface area (Å²) in [6.45, 7) is 1.88. The lowest BCUT2D eigenvalue weighted by Gasteiger charge is -2.16. The molecule has 3 aromatic carbocycles. The number of aryl methyl sites for hydroxylation is 1. The van der Waals surface area contributed by atoms with Crippen molar-refractivity contribution in [3.8, 4) is 0 Å². The molecule has 3 aromatic rings. The molecule has 2 amide bonds. The summed E-state index contributed by atoms with van der Waals surface area (Å²) >= 11 is 0.973. The van der Waals surface area contributed by atoms with E-state index in [9.17, 15) is 18.0 Å². The molecule has 1 atom stereocenters. The number of hydrogen-bond donors (Lipinski definition) is 1. The van der Waals surface area contributed by atoms with Crippen molar-refractivity contribution >= 4 is 50.1 Å². The van der Waals surface area contributed by atoms with Gasteiger partial charge in [0.25, 0.3) is 10.0 Å². The Hall–Kier alpha value is -3.43. The molecule has 7 nitrogen and oxygen atoms in total. The number of hydrogen-bond acceptors (Lipinski definition) is 5. The van der Waals surface area contributed by atoms with E-state index < -0.39 is 21.2 Å². The predicted molar refractivity (Wildman–Crippen MR) is 131 cm³/mol. The largest absolute Gasteiger partial charge is 0.326 e. The third-order valence-corrected chi connectivity index (χ3v) is 7.51. The van der Waals surface area contributed by atoms with Crippen molar-refractivity contribution in [3.05, 3.63) is 90.5 Å². The lowest BCUT2D eigenvalue weighted by molar-refractivity contribution is -0.121. The summed E-state index contributed by atoms with van der Waals surface area (Å²) in [5.74, 6) is -0.733. The van der Waals surface area contributed by atoms with E-state index in [2.05, 4.69) is 9.71 Å². The number of para-hydroxylation sites is 2. The van der Waals surface area contributed by atoms with Gasteiger partial charge in [0.2, 0.25) is 11.8 Å². The molecule has 168 valence electrons. The van der Waals surface area contributed by atoms with Gasteiger partial charge in [0.05, 0.1) is 10.6 Å². The number of amides is 2. The van der Waals surface area contributed by atoms with Gasteiger partial charge in [-0.25, -0.2) is 0 Å². The molecule has 0 bridgehead atoms. The van der Waals surface area contributed by atoms with Crippen molar-refractivity contribution in [2.75, 3.05) is 10.2 Å². The molecule has 1 N–H and O–H groups in total. The molecule has 1 aliphatic heterocycles. The van der Waals surface area contributed by atoms with E-state index in [1.165, 1.54) is 17.0 Å². The van der Waals surface area contributed by atoms with Crippen LogP contribution in [-0.4, -0.2) is 30.6 Å². The smallest absolute Gasteiger partial charge is 0.284 e. The second-order valence-electron chi connectivity index (χ2n) is 7.34. The van der Waals surface area contributed by atoms with Gasteiger partial charge >= 0.3 is 0 Å². The fraction of sp³-hybridized carbons (Fsp3) is 0.125. The minimum atomic E-state index is -4.04. The highest BCUT2D eigenvalue weighted by atomic mass is 32.2. The van der Waals surface area contributed by atoms with E-state index in [1.807, 2.05) is 25.1 Å². The average molecular weight is 480 g/mol. The highest BCUT2D eigenvalue weighted by molar-refractivity contribution is 8.16. The van der Waals surface area contributed by atoms with Crippen LogP contribution < -0.4 is 10.2 Å². The van der Waals surface area contributed by atoms with Gasteiger partial charge in [-0.05, 0) is 42.8 Å². The third-order valence-electron chi connectivity index (χ3n) is 4.98. The number of thioether (sulfide) groups is 1. The monoisotopic (exact) mass is 479 g/mol. The maximum Gasteiger partial charge on any atom is 0.284 e. The number of benzene rings is 3. The van der Waals surface area contributed by atoms with E-state index in [4.69, 9.17) is 0 Å². The summed E-state index contributed by atoms with van der Waals surface area (Å²) in [4.78, 5) is 27.2. The number of carbonyl (C=O) groups excluding carboxylic acids is 2. The summed E-state index contributed by atoms with van der Waals surface area (Å²) in [5.41, 5.74) is 2.05. The highest BCUT2D eigenvalue weighted by Gasteiger charge is 2.41. The van der Waals surface area contributed by atoms with Crippen LogP contribution in [0.15, 0.2) is 94.2 Å². The maximum absolute atomic E-state index is 13.2. The molecular weight excluding hydrogens is 458 g/mol. The Labute approximate surface area is 196 Å². The molecule has 0 aromatic heterocycles. The molecule has 0 aliphatic carbocycles. The van der Waals surface area contributed by atoms with E-state index in [-0.39, 0.29) is 22.4 Å². The molecule has 0 saturated carbocycles.